The van der Waals surface area contributed by atoms with Crippen molar-refractivity contribution < 1.29 is 9.53 Å². The minimum absolute atomic E-state index is 0.0760. The Kier molecular flexibility index (Phi) is 5.88. The Morgan fingerprint density at radius 2 is 1.69 bits per heavy atom. The van der Waals surface area contributed by atoms with Crippen LogP contribution in [0.1, 0.15) is 27.8 Å². The van der Waals surface area contributed by atoms with Gasteiger partial charge in [-0.1, -0.05) is 29.8 Å². The zero-order chi connectivity index (χ0) is 20.4. The lowest BCUT2D eigenvalue weighted by Gasteiger charge is -2.34. The van der Waals surface area contributed by atoms with E-state index in [9.17, 15) is 4.79 Å². The molecule has 1 fully saturated rings. The highest BCUT2D eigenvalue weighted by molar-refractivity contribution is 5.93. The number of aryl methyl sites for hydroxylation is 3. The smallest absolute Gasteiger partial charge is 0.238 e. The highest BCUT2D eigenvalue weighted by Crippen LogP contribution is 2.26. The predicted molar refractivity (Wildman–Crippen MR) is 117 cm³/mol. The number of fused-ring (bicyclic) bond motifs is 1. The Hall–Kier alpha value is -2.37. The molecule has 29 heavy (non-hydrogen) atoms. The van der Waals surface area contributed by atoms with Crippen LogP contribution < -0.4 is 10.1 Å². The van der Waals surface area contributed by atoms with Gasteiger partial charge in [0.05, 0.1) is 13.2 Å². The average molecular weight is 394 g/mol. The summed E-state index contributed by atoms with van der Waals surface area (Å²) < 4.78 is 5.60. The molecule has 0 aliphatic carbocycles. The molecule has 2 aromatic carbocycles. The molecule has 0 bridgehead atoms. The number of hydrogen-bond donors (Lipinski definition) is 1. The molecule has 0 unspecified atom stereocenters. The Labute approximate surface area is 173 Å². The van der Waals surface area contributed by atoms with E-state index in [0.29, 0.717) is 6.54 Å². The fraction of sp³-hybridized carbons (Fsp3) is 0.458. The summed E-state index contributed by atoms with van der Waals surface area (Å²) in [5.41, 5.74) is 7.12. The topological polar surface area (TPSA) is 44.8 Å². The molecular weight excluding hydrogens is 362 g/mol. The van der Waals surface area contributed by atoms with Crippen molar-refractivity contribution in [3.8, 4) is 5.75 Å². The number of hydrogen-bond acceptors (Lipinski definition) is 4. The van der Waals surface area contributed by atoms with Gasteiger partial charge in [0.15, 0.2) is 0 Å². The van der Waals surface area contributed by atoms with Gasteiger partial charge >= 0.3 is 0 Å². The molecule has 4 rings (SSSR count). The first-order valence-corrected chi connectivity index (χ1v) is 10.5. The van der Waals surface area contributed by atoms with Gasteiger partial charge in [0.2, 0.25) is 5.91 Å². The summed E-state index contributed by atoms with van der Waals surface area (Å²) in [4.78, 5) is 17.3. The van der Waals surface area contributed by atoms with E-state index in [4.69, 9.17) is 4.74 Å². The first kappa shape index (κ1) is 19.9. The number of nitrogens with zero attached hydrogens (tertiary/aromatic N) is 2. The van der Waals surface area contributed by atoms with Crippen LogP contribution in [0.2, 0.25) is 0 Å². The van der Waals surface area contributed by atoms with Crippen LogP contribution in [-0.4, -0.2) is 55.0 Å². The van der Waals surface area contributed by atoms with Gasteiger partial charge in [-0.3, -0.25) is 14.6 Å². The van der Waals surface area contributed by atoms with E-state index in [0.717, 1.165) is 68.3 Å². The Bertz CT molecular complexity index is 878. The van der Waals surface area contributed by atoms with Gasteiger partial charge in [-0.2, -0.15) is 0 Å². The van der Waals surface area contributed by atoms with Gasteiger partial charge in [0.1, 0.15) is 5.75 Å². The third-order valence-corrected chi connectivity index (χ3v) is 5.93. The first-order chi connectivity index (χ1) is 14.0. The van der Waals surface area contributed by atoms with E-state index in [1.165, 1.54) is 16.7 Å². The van der Waals surface area contributed by atoms with Gasteiger partial charge < -0.3 is 10.1 Å². The number of benzene rings is 2. The monoisotopic (exact) mass is 393 g/mol. The molecule has 0 aromatic heterocycles. The fourth-order valence-corrected chi connectivity index (χ4v) is 4.46. The van der Waals surface area contributed by atoms with Crippen molar-refractivity contribution in [2.75, 3.05) is 44.6 Å². The Morgan fingerprint density at radius 3 is 2.41 bits per heavy atom. The molecule has 5 heteroatoms. The number of ether oxygens (including phenoxy) is 1. The third-order valence-electron chi connectivity index (χ3n) is 5.93. The van der Waals surface area contributed by atoms with E-state index < -0.39 is 0 Å². The number of rotatable bonds is 5. The second-order valence-corrected chi connectivity index (χ2v) is 8.41. The van der Waals surface area contributed by atoms with E-state index in [1.54, 1.807) is 0 Å². The van der Waals surface area contributed by atoms with E-state index >= 15 is 0 Å². The molecular formula is C24H31N3O2. The molecule has 0 atom stereocenters. The maximum absolute atomic E-state index is 12.6. The molecule has 0 radical (unpaired) electrons. The predicted octanol–water partition coefficient (Wildman–Crippen LogP) is 3.30. The van der Waals surface area contributed by atoms with Crippen molar-refractivity contribution in [3.05, 3.63) is 58.1 Å². The molecule has 2 aromatic rings. The van der Waals surface area contributed by atoms with Gasteiger partial charge in [-0.25, -0.2) is 0 Å². The maximum atomic E-state index is 12.6. The number of carbonyl (C=O) groups excluding carboxylic acids is 1. The molecule has 1 N–H and O–H groups in total. The highest BCUT2D eigenvalue weighted by Gasteiger charge is 2.20. The largest absolute Gasteiger partial charge is 0.493 e. The minimum atomic E-state index is 0.0760. The number of nitrogens with one attached hydrogen (secondary N) is 1. The van der Waals surface area contributed by atoms with E-state index in [-0.39, 0.29) is 5.91 Å². The van der Waals surface area contributed by atoms with Crippen LogP contribution in [0.25, 0.3) is 0 Å². The van der Waals surface area contributed by atoms with Crippen LogP contribution in [0.3, 0.4) is 0 Å². The number of amides is 1. The van der Waals surface area contributed by atoms with Crippen molar-refractivity contribution in [2.24, 2.45) is 0 Å². The molecule has 1 amide bonds. The van der Waals surface area contributed by atoms with Crippen LogP contribution in [-0.2, 0) is 17.8 Å². The van der Waals surface area contributed by atoms with Gasteiger partial charge in [0, 0.05) is 44.8 Å². The quantitative estimate of drug-likeness (QED) is 0.847. The molecule has 1 saturated heterocycles. The molecule has 0 spiro atoms. The number of carbonyl (C=O) groups is 1. The normalized spacial score (nSPS) is 17.1. The average Bonchev–Trinajstić information content (AvgIpc) is 3.14. The zero-order valence-electron chi connectivity index (χ0n) is 17.8. The number of piperazine rings is 1. The second kappa shape index (κ2) is 8.56. The van der Waals surface area contributed by atoms with Gasteiger partial charge in [-0.15, -0.1) is 0 Å². The van der Waals surface area contributed by atoms with Crippen molar-refractivity contribution in [3.63, 3.8) is 0 Å². The standard InChI is InChI=1S/C24H31N3O2/c1-17-12-18(2)24(19(3)13-17)25-23(28)16-27-9-7-26(8-10-27)15-20-4-5-22-21(14-20)6-11-29-22/h4-5,12-14H,6-11,15-16H2,1-3H3,(H,25,28). The lowest BCUT2D eigenvalue weighted by molar-refractivity contribution is -0.117. The first-order valence-electron chi connectivity index (χ1n) is 10.5. The summed E-state index contributed by atoms with van der Waals surface area (Å²) in [6.45, 7) is 12.3. The Morgan fingerprint density at radius 1 is 1.00 bits per heavy atom. The Balaban J connectivity index is 1.26. The summed E-state index contributed by atoms with van der Waals surface area (Å²) in [7, 11) is 0. The summed E-state index contributed by atoms with van der Waals surface area (Å²) in [5.74, 6) is 1.12. The van der Waals surface area contributed by atoms with Crippen LogP contribution in [0.15, 0.2) is 30.3 Å². The summed E-state index contributed by atoms with van der Waals surface area (Å²) >= 11 is 0. The second-order valence-electron chi connectivity index (χ2n) is 8.41. The molecule has 0 saturated carbocycles. The maximum Gasteiger partial charge on any atom is 0.238 e. The molecule has 2 heterocycles. The van der Waals surface area contributed by atoms with Crippen LogP contribution in [0.4, 0.5) is 5.69 Å². The number of anilines is 1. The summed E-state index contributed by atoms with van der Waals surface area (Å²) in [5, 5.41) is 3.12. The fourth-order valence-electron chi connectivity index (χ4n) is 4.46. The summed E-state index contributed by atoms with van der Waals surface area (Å²) in [6.07, 6.45) is 1.02. The lowest BCUT2D eigenvalue weighted by Crippen LogP contribution is -2.48. The van der Waals surface area contributed by atoms with E-state index in [1.807, 2.05) is 0 Å². The molecule has 5 nitrogen and oxygen atoms in total. The highest BCUT2D eigenvalue weighted by atomic mass is 16.5. The third kappa shape index (κ3) is 4.80. The van der Waals surface area contributed by atoms with Crippen LogP contribution in [0, 0.1) is 20.8 Å². The van der Waals surface area contributed by atoms with Crippen molar-refractivity contribution in [1.29, 1.82) is 0 Å². The lowest BCUT2D eigenvalue weighted by atomic mass is 10.1. The van der Waals surface area contributed by atoms with Crippen molar-refractivity contribution in [1.82, 2.24) is 9.80 Å². The SMILES string of the molecule is Cc1cc(C)c(NC(=O)CN2CCN(Cc3ccc4c(c3)CCO4)CC2)c(C)c1. The zero-order valence-corrected chi connectivity index (χ0v) is 17.8. The van der Waals surface area contributed by atoms with Crippen LogP contribution in [0.5, 0.6) is 5.75 Å². The molecule has 2 aliphatic heterocycles. The molecule has 154 valence electrons. The van der Waals surface area contributed by atoms with Crippen molar-refractivity contribution in [2.45, 2.75) is 33.7 Å². The molecule has 2 aliphatic rings. The van der Waals surface area contributed by atoms with Crippen LogP contribution >= 0.6 is 0 Å². The minimum Gasteiger partial charge on any atom is -0.493 e. The van der Waals surface area contributed by atoms with E-state index in [2.05, 4.69) is 66.2 Å². The van der Waals surface area contributed by atoms with Crippen molar-refractivity contribution >= 4 is 11.6 Å². The summed E-state index contributed by atoms with van der Waals surface area (Å²) in [6, 6.07) is 10.8. The van der Waals surface area contributed by atoms with Gasteiger partial charge in [0.25, 0.3) is 0 Å². The van der Waals surface area contributed by atoms with Gasteiger partial charge in [-0.05, 0) is 49.1 Å².